The fraction of sp³-hybridized carbons (Fsp3) is 0.812. The summed E-state index contributed by atoms with van der Waals surface area (Å²) in [5.41, 5.74) is -1.56. The predicted molar refractivity (Wildman–Crippen MR) is 87.4 cm³/mol. The van der Waals surface area contributed by atoms with Gasteiger partial charge in [-0.2, -0.15) is 0 Å². The van der Waals surface area contributed by atoms with Crippen LogP contribution >= 0.6 is 0 Å². The summed E-state index contributed by atoms with van der Waals surface area (Å²) >= 11 is 0. The zero-order valence-corrected chi connectivity index (χ0v) is 14.1. The van der Waals surface area contributed by atoms with Gasteiger partial charge in [0.1, 0.15) is 0 Å². The van der Waals surface area contributed by atoms with Crippen molar-refractivity contribution in [2.24, 2.45) is 7.05 Å². The fourth-order valence-electron chi connectivity index (χ4n) is 2.89. The fourth-order valence-corrected chi connectivity index (χ4v) is 2.89. The molecular weight excluding hydrogens is 314 g/mol. The second-order valence-electron chi connectivity index (χ2n) is 6.61. The molecule has 0 saturated carbocycles. The Morgan fingerprint density at radius 2 is 1.21 bits per heavy atom. The van der Waals surface area contributed by atoms with E-state index in [1.165, 1.54) is 16.2 Å². The first kappa shape index (κ1) is 17.2. The number of rotatable bonds is 10. The van der Waals surface area contributed by atoms with Crippen LogP contribution in [-0.2, 0) is 29.6 Å². The average Bonchev–Trinajstić information content (AvgIpc) is 3.45. The van der Waals surface area contributed by atoms with E-state index in [1.54, 1.807) is 0 Å². The first-order chi connectivity index (χ1) is 11.6. The second-order valence-corrected chi connectivity index (χ2v) is 6.61. The van der Waals surface area contributed by atoms with Crippen LogP contribution in [0, 0.1) is 0 Å². The van der Waals surface area contributed by atoms with Gasteiger partial charge >= 0.3 is 17.1 Å². The molecule has 134 valence electrons. The van der Waals surface area contributed by atoms with Crippen LogP contribution in [-0.4, -0.2) is 39.1 Å². The molecule has 0 aliphatic carbocycles. The third-order valence-electron chi connectivity index (χ3n) is 4.62. The van der Waals surface area contributed by atoms with E-state index >= 15 is 0 Å². The number of hydrogen-bond acceptors (Lipinski definition) is 5. The molecule has 0 bridgehead atoms. The Morgan fingerprint density at radius 3 is 1.58 bits per heavy atom. The van der Waals surface area contributed by atoms with Crippen LogP contribution < -0.4 is 17.1 Å². The van der Waals surface area contributed by atoms with Crippen LogP contribution in [0.1, 0.15) is 38.5 Å². The van der Waals surface area contributed by atoms with Gasteiger partial charge in [-0.05, 0) is 38.5 Å². The molecule has 0 aromatic carbocycles. The molecular formula is C16H25N3O5. The topological polar surface area (TPSA) is 91.1 Å². The van der Waals surface area contributed by atoms with Gasteiger partial charge in [-0.15, -0.1) is 0 Å². The molecule has 0 radical (unpaired) electrons. The molecule has 3 rings (SSSR count). The van der Waals surface area contributed by atoms with Gasteiger partial charge in [0, 0.05) is 20.1 Å². The summed E-state index contributed by atoms with van der Waals surface area (Å²) in [6.45, 7) is 2.32. The van der Waals surface area contributed by atoms with Crippen molar-refractivity contribution in [1.29, 1.82) is 0 Å². The molecule has 0 amide bonds. The van der Waals surface area contributed by atoms with Gasteiger partial charge in [-0.3, -0.25) is 0 Å². The second kappa shape index (κ2) is 7.48. The largest absolute Gasteiger partial charge is 0.373 e. The Labute approximate surface area is 139 Å². The van der Waals surface area contributed by atoms with E-state index in [1.807, 2.05) is 0 Å². The Balaban J connectivity index is 1.65. The quantitative estimate of drug-likeness (QED) is 0.437. The summed E-state index contributed by atoms with van der Waals surface area (Å²) < 4.78 is 13.7. The third-order valence-corrected chi connectivity index (χ3v) is 4.62. The maximum atomic E-state index is 12.5. The number of ether oxygens (including phenoxy) is 2. The highest BCUT2D eigenvalue weighted by atomic mass is 16.6. The van der Waals surface area contributed by atoms with E-state index in [0.717, 1.165) is 56.3 Å². The van der Waals surface area contributed by atoms with Crippen molar-refractivity contribution in [2.75, 3.05) is 13.2 Å². The minimum atomic E-state index is -0.532. The smallest absolute Gasteiger partial charge is 0.336 e. The molecule has 0 N–H and O–H groups in total. The molecule has 8 nitrogen and oxygen atoms in total. The Kier molecular flexibility index (Phi) is 5.35. The predicted octanol–water partition coefficient (Wildman–Crippen LogP) is -0.153. The normalized spacial score (nSPS) is 21.9. The maximum absolute atomic E-state index is 12.5. The summed E-state index contributed by atoms with van der Waals surface area (Å²) in [5, 5.41) is 0. The molecule has 3 heterocycles. The summed E-state index contributed by atoms with van der Waals surface area (Å²) in [5.74, 6) is 0. The lowest BCUT2D eigenvalue weighted by molar-refractivity contribution is 0.378. The molecule has 1 aromatic rings. The van der Waals surface area contributed by atoms with E-state index in [4.69, 9.17) is 9.47 Å². The number of hydrogen-bond donors (Lipinski definition) is 0. The molecule has 1 aromatic heterocycles. The van der Waals surface area contributed by atoms with Crippen molar-refractivity contribution >= 4 is 0 Å². The van der Waals surface area contributed by atoms with Crippen molar-refractivity contribution in [2.45, 2.75) is 63.8 Å². The molecule has 1 unspecified atom stereocenters. The Morgan fingerprint density at radius 1 is 0.792 bits per heavy atom. The van der Waals surface area contributed by atoms with Crippen molar-refractivity contribution < 1.29 is 9.47 Å². The van der Waals surface area contributed by atoms with Crippen LogP contribution in [0.2, 0.25) is 0 Å². The third kappa shape index (κ3) is 4.24. The minimum Gasteiger partial charge on any atom is -0.373 e. The van der Waals surface area contributed by atoms with Gasteiger partial charge in [0.25, 0.3) is 0 Å². The van der Waals surface area contributed by atoms with Gasteiger partial charge < -0.3 is 9.47 Å². The molecule has 2 atom stereocenters. The number of aromatic nitrogens is 3. The number of epoxide rings is 2. The maximum Gasteiger partial charge on any atom is 0.336 e. The first-order valence-electron chi connectivity index (χ1n) is 8.72. The minimum absolute atomic E-state index is 0.342. The van der Waals surface area contributed by atoms with Crippen molar-refractivity contribution in [3.05, 3.63) is 31.5 Å². The van der Waals surface area contributed by atoms with Crippen LogP contribution in [0.25, 0.3) is 0 Å². The van der Waals surface area contributed by atoms with E-state index in [-0.39, 0.29) is 0 Å². The van der Waals surface area contributed by atoms with Crippen LogP contribution in [0.15, 0.2) is 14.4 Å². The molecule has 2 aliphatic rings. The highest BCUT2D eigenvalue weighted by molar-refractivity contribution is 4.78. The van der Waals surface area contributed by atoms with Gasteiger partial charge in [0.15, 0.2) is 0 Å². The van der Waals surface area contributed by atoms with E-state index in [9.17, 15) is 14.4 Å². The molecule has 2 fully saturated rings. The van der Waals surface area contributed by atoms with Crippen LogP contribution in [0.5, 0.6) is 0 Å². The Hall–Kier alpha value is -1.67. The van der Waals surface area contributed by atoms with Crippen LogP contribution in [0.3, 0.4) is 0 Å². The van der Waals surface area contributed by atoms with Gasteiger partial charge in [0.05, 0.1) is 25.4 Å². The average molecular weight is 339 g/mol. The van der Waals surface area contributed by atoms with E-state index in [2.05, 4.69) is 0 Å². The van der Waals surface area contributed by atoms with E-state index < -0.39 is 17.1 Å². The first-order valence-corrected chi connectivity index (χ1v) is 8.72. The number of unbranched alkanes of at least 4 members (excludes halogenated alkanes) is 2. The number of nitrogens with zero attached hydrogens (tertiary/aromatic N) is 3. The molecule has 2 aliphatic heterocycles. The zero-order chi connectivity index (χ0) is 17.1. The molecule has 0 spiro atoms. The lowest BCUT2D eigenvalue weighted by atomic mass is 10.2. The lowest BCUT2D eigenvalue weighted by Crippen LogP contribution is -2.53. The Bertz CT molecular complexity index is 681. The summed E-state index contributed by atoms with van der Waals surface area (Å²) in [6, 6.07) is 0. The molecule has 2 saturated heterocycles. The van der Waals surface area contributed by atoms with Crippen LogP contribution in [0.4, 0.5) is 0 Å². The molecule has 8 heteroatoms. The van der Waals surface area contributed by atoms with Crippen molar-refractivity contribution in [3.8, 4) is 0 Å². The van der Waals surface area contributed by atoms with E-state index in [0.29, 0.717) is 25.3 Å². The highest BCUT2D eigenvalue weighted by Crippen LogP contribution is 2.17. The summed E-state index contributed by atoms with van der Waals surface area (Å²) in [7, 11) is 1.42. The van der Waals surface area contributed by atoms with Crippen molar-refractivity contribution in [3.63, 3.8) is 0 Å². The monoisotopic (exact) mass is 339 g/mol. The van der Waals surface area contributed by atoms with Crippen molar-refractivity contribution in [1.82, 2.24) is 13.7 Å². The van der Waals surface area contributed by atoms with Gasteiger partial charge in [-0.1, -0.05) is 0 Å². The standard InChI is InChI=1S/C16H25N3O5/c1-17-14(20)18(8-4-2-6-12-10-23-12)16(22)19(15(17)21)9-5-3-7-13-11-24-13/h12-13H,2-11H2,1H3/t12-,13?/m1/s1. The lowest BCUT2D eigenvalue weighted by Gasteiger charge is -2.11. The summed E-state index contributed by atoms with van der Waals surface area (Å²) in [4.78, 5) is 36.9. The van der Waals surface area contributed by atoms with Gasteiger partial charge in [-0.25, -0.2) is 28.1 Å². The van der Waals surface area contributed by atoms with Gasteiger partial charge in [0.2, 0.25) is 0 Å². The SMILES string of the molecule is Cn1c(=O)n(CCCCC2CO2)c(=O)n(CCCC[C@@H]2CO2)c1=O. The molecule has 24 heavy (non-hydrogen) atoms. The zero-order valence-electron chi connectivity index (χ0n) is 14.1. The summed E-state index contributed by atoms with van der Waals surface area (Å²) in [6.07, 6.45) is 5.89. The highest BCUT2D eigenvalue weighted by Gasteiger charge is 2.22.